The number of guanidine groups is 1. The molecule has 1 aliphatic carbocycles. The van der Waals surface area contributed by atoms with Gasteiger partial charge in [-0.15, -0.1) is 0 Å². The van der Waals surface area contributed by atoms with Gasteiger partial charge in [0.15, 0.2) is 5.96 Å². The van der Waals surface area contributed by atoms with Gasteiger partial charge in [0.2, 0.25) is 0 Å². The molecule has 1 heterocycles. The fraction of sp³-hybridized carbons (Fsp3) is 0.667. The van der Waals surface area contributed by atoms with E-state index in [0.717, 1.165) is 51.1 Å². The SMILES string of the molecule is CCNC(=NCc1cccc(OCCN2CCOCC2)c1)NC1CCCC1. The number of benzene rings is 1. The number of aliphatic imine (C=N–C) groups is 1. The third-order valence-corrected chi connectivity index (χ3v) is 5.14. The van der Waals surface area contributed by atoms with E-state index in [1.165, 1.54) is 31.2 Å². The average Bonchev–Trinajstić information content (AvgIpc) is 3.21. The Hall–Kier alpha value is -1.79. The maximum Gasteiger partial charge on any atom is 0.191 e. The maximum atomic E-state index is 5.95. The number of rotatable bonds is 8. The van der Waals surface area contributed by atoms with E-state index >= 15 is 0 Å². The van der Waals surface area contributed by atoms with Gasteiger partial charge in [0.05, 0.1) is 19.8 Å². The minimum absolute atomic E-state index is 0.567. The molecule has 2 aliphatic rings. The van der Waals surface area contributed by atoms with E-state index in [9.17, 15) is 0 Å². The molecule has 1 saturated heterocycles. The predicted octanol–water partition coefficient (Wildman–Crippen LogP) is 2.40. The van der Waals surface area contributed by atoms with Crippen LogP contribution >= 0.6 is 0 Å². The molecule has 0 atom stereocenters. The van der Waals surface area contributed by atoms with Gasteiger partial charge in [-0.1, -0.05) is 25.0 Å². The number of nitrogens with one attached hydrogen (secondary N) is 2. The molecule has 1 saturated carbocycles. The molecule has 2 fully saturated rings. The molecule has 1 aliphatic heterocycles. The Morgan fingerprint density at radius 2 is 2.07 bits per heavy atom. The second-order valence-electron chi connectivity index (χ2n) is 7.27. The van der Waals surface area contributed by atoms with Crippen LogP contribution in [0.15, 0.2) is 29.3 Å². The van der Waals surface area contributed by atoms with Crippen molar-refractivity contribution < 1.29 is 9.47 Å². The first kappa shape index (κ1) is 20.0. The van der Waals surface area contributed by atoms with Crippen LogP contribution in [0.1, 0.15) is 38.2 Å². The monoisotopic (exact) mass is 374 g/mol. The Bertz CT molecular complexity index is 581. The van der Waals surface area contributed by atoms with Gasteiger partial charge in [0.1, 0.15) is 12.4 Å². The predicted molar refractivity (Wildman–Crippen MR) is 109 cm³/mol. The van der Waals surface area contributed by atoms with Crippen molar-refractivity contribution in [2.45, 2.75) is 45.2 Å². The molecule has 0 unspecified atom stereocenters. The highest BCUT2D eigenvalue weighted by molar-refractivity contribution is 5.80. The third kappa shape index (κ3) is 7.03. The first-order valence-corrected chi connectivity index (χ1v) is 10.4. The second kappa shape index (κ2) is 11.1. The van der Waals surface area contributed by atoms with Crippen LogP contribution in [0.4, 0.5) is 0 Å². The largest absolute Gasteiger partial charge is 0.492 e. The lowest BCUT2D eigenvalue weighted by atomic mass is 10.2. The zero-order chi connectivity index (χ0) is 18.7. The fourth-order valence-corrected chi connectivity index (χ4v) is 3.60. The van der Waals surface area contributed by atoms with Crippen molar-refractivity contribution in [1.82, 2.24) is 15.5 Å². The van der Waals surface area contributed by atoms with Crippen LogP contribution < -0.4 is 15.4 Å². The van der Waals surface area contributed by atoms with Crippen molar-refractivity contribution in [3.05, 3.63) is 29.8 Å². The Kier molecular flexibility index (Phi) is 8.24. The van der Waals surface area contributed by atoms with Crippen molar-refractivity contribution >= 4 is 5.96 Å². The Balaban J connectivity index is 1.47. The lowest BCUT2D eigenvalue weighted by molar-refractivity contribution is 0.0322. The molecule has 150 valence electrons. The molecular weight excluding hydrogens is 340 g/mol. The summed E-state index contributed by atoms with van der Waals surface area (Å²) in [5, 5.41) is 6.92. The van der Waals surface area contributed by atoms with Crippen LogP contribution in [0.3, 0.4) is 0 Å². The fourth-order valence-electron chi connectivity index (χ4n) is 3.60. The summed E-state index contributed by atoms with van der Waals surface area (Å²) in [6.45, 7) is 8.95. The number of nitrogens with zero attached hydrogens (tertiary/aromatic N) is 2. The smallest absolute Gasteiger partial charge is 0.191 e. The van der Waals surface area contributed by atoms with E-state index in [1.54, 1.807) is 0 Å². The van der Waals surface area contributed by atoms with E-state index in [1.807, 2.05) is 12.1 Å². The standard InChI is InChI=1S/C21H34N4O2/c1-2-22-21(24-19-7-3-4-8-19)23-17-18-6-5-9-20(16-18)27-15-12-25-10-13-26-14-11-25/h5-6,9,16,19H,2-4,7-8,10-15,17H2,1H3,(H2,22,23,24). The van der Waals surface area contributed by atoms with E-state index in [4.69, 9.17) is 14.5 Å². The molecule has 0 radical (unpaired) electrons. The van der Waals surface area contributed by atoms with Crippen LogP contribution in [0.5, 0.6) is 5.75 Å². The number of hydrogen-bond acceptors (Lipinski definition) is 4. The van der Waals surface area contributed by atoms with E-state index < -0.39 is 0 Å². The third-order valence-electron chi connectivity index (χ3n) is 5.14. The van der Waals surface area contributed by atoms with Crippen molar-refractivity contribution in [2.24, 2.45) is 4.99 Å². The summed E-state index contributed by atoms with van der Waals surface area (Å²) in [5.74, 6) is 1.84. The van der Waals surface area contributed by atoms with Gasteiger partial charge in [-0.25, -0.2) is 4.99 Å². The van der Waals surface area contributed by atoms with Crippen molar-refractivity contribution in [3.63, 3.8) is 0 Å². The molecule has 1 aromatic carbocycles. The lowest BCUT2D eigenvalue weighted by Gasteiger charge is -2.26. The first-order valence-electron chi connectivity index (χ1n) is 10.4. The van der Waals surface area contributed by atoms with Gasteiger partial charge in [-0.2, -0.15) is 0 Å². The Morgan fingerprint density at radius 3 is 2.85 bits per heavy atom. The van der Waals surface area contributed by atoms with Gasteiger partial charge in [0, 0.05) is 32.2 Å². The van der Waals surface area contributed by atoms with Crippen LogP contribution in [0, 0.1) is 0 Å². The van der Waals surface area contributed by atoms with Crippen molar-refractivity contribution in [1.29, 1.82) is 0 Å². The summed E-state index contributed by atoms with van der Waals surface area (Å²) in [6.07, 6.45) is 5.13. The van der Waals surface area contributed by atoms with Crippen LogP contribution in [-0.4, -0.2) is 62.9 Å². The Labute approximate surface area is 163 Å². The molecule has 0 spiro atoms. The summed E-state index contributed by atoms with van der Waals surface area (Å²) in [5.41, 5.74) is 1.17. The van der Waals surface area contributed by atoms with Crippen molar-refractivity contribution in [2.75, 3.05) is 46.0 Å². The maximum absolute atomic E-state index is 5.95. The summed E-state index contributed by atoms with van der Waals surface area (Å²) < 4.78 is 11.3. The molecule has 2 N–H and O–H groups in total. The van der Waals surface area contributed by atoms with E-state index in [2.05, 4.69) is 34.6 Å². The summed E-state index contributed by atoms with van der Waals surface area (Å²) in [7, 11) is 0. The van der Waals surface area contributed by atoms with Crippen LogP contribution in [0.25, 0.3) is 0 Å². The minimum Gasteiger partial charge on any atom is -0.492 e. The molecule has 0 bridgehead atoms. The minimum atomic E-state index is 0.567. The molecule has 0 aromatic heterocycles. The van der Waals surface area contributed by atoms with Gasteiger partial charge < -0.3 is 20.1 Å². The molecule has 3 rings (SSSR count). The quantitative estimate of drug-likeness (QED) is 0.541. The average molecular weight is 375 g/mol. The summed E-state index contributed by atoms with van der Waals surface area (Å²) in [4.78, 5) is 7.14. The normalized spacial score (nSPS) is 19.2. The lowest BCUT2D eigenvalue weighted by Crippen LogP contribution is -2.42. The van der Waals surface area contributed by atoms with Gasteiger partial charge >= 0.3 is 0 Å². The number of ether oxygens (including phenoxy) is 2. The highest BCUT2D eigenvalue weighted by Gasteiger charge is 2.15. The zero-order valence-corrected chi connectivity index (χ0v) is 16.6. The van der Waals surface area contributed by atoms with Crippen LogP contribution in [0.2, 0.25) is 0 Å². The highest BCUT2D eigenvalue weighted by atomic mass is 16.5. The molecule has 1 aromatic rings. The van der Waals surface area contributed by atoms with Crippen LogP contribution in [-0.2, 0) is 11.3 Å². The Morgan fingerprint density at radius 1 is 1.26 bits per heavy atom. The van der Waals surface area contributed by atoms with Gasteiger partial charge in [-0.05, 0) is 37.5 Å². The number of hydrogen-bond donors (Lipinski definition) is 2. The molecular formula is C21H34N4O2. The van der Waals surface area contributed by atoms with E-state index in [-0.39, 0.29) is 0 Å². The molecule has 27 heavy (non-hydrogen) atoms. The van der Waals surface area contributed by atoms with Gasteiger partial charge in [0.25, 0.3) is 0 Å². The summed E-state index contributed by atoms with van der Waals surface area (Å²) in [6, 6.07) is 8.85. The van der Waals surface area contributed by atoms with Crippen molar-refractivity contribution in [3.8, 4) is 5.75 Å². The highest BCUT2D eigenvalue weighted by Crippen LogP contribution is 2.18. The van der Waals surface area contributed by atoms with Gasteiger partial charge in [-0.3, -0.25) is 4.90 Å². The first-order chi connectivity index (χ1) is 13.3. The summed E-state index contributed by atoms with van der Waals surface area (Å²) >= 11 is 0. The molecule has 6 heteroatoms. The topological polar surface area (TPSA) is 58.1 Å². The van der Waals surface area contributed by atoms with E-state index in [0.29, 0.717) is 19.2 Å². The number of morpholine rings is 1. The molecule has 0 amide bonds. The second-order valence-corrected chi connectivity index (χ2v) is 7.27. The zero-order valence-electron chi connectivity index (χ0n) is 16.6. The molecule has 6 nitrogen and oxygen atoms in total.